The summed E-state index contributed by atoms with van der Waals surface area (Å²) in [4.78, 5) is 84.1. The van der Waals surface area contributed by atoms with Gasteiger partial charge in [-0.05, 0) is 43.1 Å². The topological polar surface area (TPSA) is 212 Å². The van der Waals surface area contributed by atoms with Gasteiger partial charge in [0.2, 0.25) is 0 Å². The van der Waals surface area contributed by atoms with E-state index in [0.29, 0.717) is 112 Å². The summed E-state index contributed by atoms with van der Waals surface area (Å²) >= 11 is 0. The standard InChI is InChI=1S/C72H34N16/c1-9-25-41-33(17-1)34-18-2-10-26-42(34)50-49(41)73-57-58(74-50)66-81-65(57)85-67-59-60(76-52-44-28-12-4-20-36(44)35-19-3-11-27-43(35)51(52)75-59)69(82-67)87-71-63-64(80-56-48-32-16-8-24-40(48)39-23-7-15-31-47(39)55(56)79-63)72(84-71)88-70-62-61(68(83-70)86-66)77-53-45-29-13-5-21-37(45)38-22-6-14-30-46(38)54(53)78-62/h1-32H,(H2,81,82,83,84,85,86,87,88). The molecule has 9 heterocycles. The van der Waals surface area contributed by atoms with E-state index in [1.807, 2.05) is 97.1 Å². The molecular weight excluding hydrogens is 1090 g/mol. The fourth-order valence-electron chi connectivity index (χ4n) is 13.9. The van der Waals surface area contributed by atoms with Gasteiger partial charge in [0.15, 0.2) is 45.9 Å². The van der Waals surface area contributed by atoms with Gasteiger partial charge in [0.1, 0.15) is 44.8 Å². The van der Waals surface area contributed by atoms with E-state index in [1.165, 1.54) is 0 Å². The summed E-state index contributed by atoms with van der Waals surface area (Å²) < 4.78 is 0. The Kier molecular flexibility index (Phi) is 8.67. The lowest BCUT2D eigenvalue weighted by molar-refractivity contribution is 1.18. The minimum absolute atomic E-state index is 0.248. The molecule has 16 heteroatoms. The molecule has 0 saturated carbocycles. The minimum atomic E-state index is 0.248. The molecule has 0 saturated heterocycles. The molecule has 402 valence electrons. The quantitative estimate of drug-likeness (QED) is 0.135. The molecular formula is C72H34N16. The van der Waals surface area contributed by atoms with Gasteiger partial charge in [-0.15, -0.1) is 0 Å². The average Bonchev–Trinajstić information content (AvgIpc) is 1.51. The van der Waals surface area contributed by atoms with Crippen LogP contribution in [0.4, 0.5) is 0 Å². The first-order valence-electron chi connectivity index (χ1n) is 28.9. The second kappa shape index (κ2) is 16.6. The van der Waals surface area contributed by atoms with Gasteiger partial charge >= 0.3 is 0 Å². The van der Waals surface area contributed by atoms with Gasteiger partial charge in [-0.2, -0.15) is 0 Å². The highest BCUT2D eigenvalue weighted by Crippen LogP contribution is 2.43. The molecule has 7 aromatic heterocycles. The minimum Gasteiger partial charge on any atom is -0.321 e. The van der Waals surface area contributed by atoms with E-state index in [9.17, 15) is 0 Å². The third-order valence-electron chi connectivity index (χ3n) is 17.7. The van der Waals surface area contributed by atoms with Crippen LogP contribution in [0.5, 0.6) is 0 Å². The molecule has 2 aliphatic heterocycles. The van der Waals surface area contributed by atoms with E-state index < -0.39 is 0 Å². The Balaban J connectivity index is 0.969. The summed E-state index contributed by atoms with van der Waals surface area (Å²) in [6.07, 6.45) is 0. The van der Waals surface area contributed by atoms with Gasteiger partial charge in [-0.3, -0.25) is 0 Å². The zero-order chi connectivity index (χ0) is 57.0. The lowest BCUT2D eigenvalue weighted by Gasteiger charge is -2.10. The Hall–Kier alpha value is -12.6. The maximum atomic E-state index is 5.55. The normalized spacial score (nSPS) is 12.5. The first-order valence-corrected chi connectivity index (χ1v) is 28.9. The summed E-state index contributed by atoms with van der Waals surface area (Å²) in [6.45, 7) is 0. The average molecular weight is 1120 g/mol. The largest absolute Gasteiger partial charge is 0.321 e. The zero-order valence-electron chi connectivity index (χ0n) is 45.7. The summed E-state index contributed by atoms with van der Waals surface area (Å²) in [5.74, 6) is 0.992. The second-order valence-electron chi connectivity index (χ2n) is 22.4. The highest BCUT2D eigenvalue weighted by Gasteiger charge is 2.30. The lowest BCUT2D eigenvalue weighted by Crippen LogP contribution is -1.95. The predicted molar refractivity (Wildman–Crippen MR) is 348 cm³/mol. The maximum absolute atomic E-state index is 5.55. The van der Waals surface area contributed by atoms with E-state index in [0.717, 1.165) is 86.2 Å². The SMILES string of the molecule is c1ccc2c(c1)c1ccccc1c1nc3c(nc21)-c1nc-3nc2[nH]c(nc3nc(nc4[nH]c(n1)c1nc5c6ccccc6c6ccccc6c5nc41)-c1nc4c5ccccc5c5ccccc5c4nc1-3)c1nc3c4ccccc4c4ccccc4c3nc21. The molecule has 21 rings (SSSR count). The van der Waals surface area contributed by atoms with Gasteiger partial charge in [-0.1, -0.05) is 194 Å². The molecule has 12 aromatic carbocycles. The number of H-pyrrole nitrogens is 2. The van der Waals surface area contributed by atoms with E-state index in [2.05, 4.69) is 107 Å². The van der Waals surface area contributed by atoms with Crippen LogP contribution in [-0.2, 0) is 0 Å². The predicted octanol–water partition coefficient (Wildman–Crippen LogP) is 15.9. The van der Waals surface area contributed by atoms with Crippen molar-refractivity contribution in [1.82, 2.24) is 79.7 Å². The number of nitrogens with one attached hydrogen (secondary N) is 2. The second-order valence-corrected chi connectivity index (χ2v) is 22.4. The Morgan fingerprint density at radius 1 is 0.148 bits per heavy atom. The van der Waals surface area contributed by atoms with Crippen LogP contribution in [0.1, 0.15) is 0 Å². The van der Waals surface area contributed by atoms with Crippen molar-refractivity contribution in [3.8, 4) is 46.1 Å². The maximum Gasteiger partial charge on any atom is 0.184 e. The number of benzene rings is 12. The van der Waals surface area contributed by atoms with E-state index in [4.69, 9.17) is 69.8 Å². The third kappa shape index (κ3) is 6.10. The molecule has 0 unspecified atom stereocenters. The Morgan fingerprint density at radius 2 is 0.307 bits per heavy atom. The Labute approximate surface area is 492 Å². The number of hydrogen-bond acceptors (Lipinski definition) is 14. The molecule has 8 bridgehead atoms. The van der Waals surface area contributed by atoms with Crippen LogP contribution in [0.25, 0.3) is 221 Å². The third-order valence-corrected chi connectivity index (χ3v) is 17.7. The molecule has 0 spiro atoms. The van der Waals surface area contributed by atoms with Gasteiger partial charge in [0.05, 0.1) is 44.1 Å². The Morgan fingerprint density at radius 3 is 0.489 bits per heavy atom. The van der Waals surface area contributed by atoms with Crippen LogP contribution >= 0.6 is 0 Å². The van der Waals surface area contributed by atoms with Gasteiger partial charge in [-0.25, -0.2) is 69.8 Å². The number of rotatable bonds is 0. The van der Waals surface area contributed by atoms with Crippen LogP contribution in [0.2, 0.25) is 0 Å². The molecule has 2 aliphatic rings. The van der Waals surface area contributed by atoms with Crippen LogP contribution in [0, 0.1) is 0 Å². The molecule has 0 fully saturated rings. The number of aromatic nitrogens is 16. The van der Waals surface area contributed by atoms with Gasteiger partial charge in [0.25, 0.3) is 0 Å². The smallest absolute Gasteiger partial charge is 0.184 e. The van der Waals surface area contributed by atoms with Crippen molar-refractivity contribution < 1.29 is 0 Å². The van der Waals surface area contributed by atoms with Crippen LogP contribution < -0.4 is 0 Å². The highest BCUT2D eigenvalue weighted by atomic mass is 15.1. The molecule has 0 radical (unpaired) electrons. The molecule has 0 atom stereocenters. The fourth-order valence-corrected chi connectivity index (χ4v) is 13.9. The van der Waals surface area contributed by atoms with Crippen molar-refractivity contribution in [2.75, 3.05) is 0 Å². The summed E-state index contributed by atoms with van der Waals surface area (Å²) in [5.41, 5.74) is 10.4. The summed E-state index contributed by atoms with van der Waals surface area (Å²) in [7, 11) is 0. The van der Waals surface area contributed by atoms with Gasteiger partial charge < -0.3 is 9.97 Å². The Bertz CT molecular complexity index is 5920. The molecule has 19 aromatic rings. The van der Waals surface area contributed by atoms with Crippen molar-refractivity contribution in [2.45, 2.75) is 0 Å². The molecule has 2 N–H and O–H groups in total. The first-order chi connectivity index (χ1) is 43.6. The van der Waals surface area contributed by atoms with E-state index in [1.54, 1.807) is 0 Å². The van der Waals surface area contributed by atoms with Gasteiger partial charge in [0, 0.05) is 43.1 Å². The first kappa shape index (κ1) is 45.9. The number of fused-ring (bicyclic) bond motifs is 44. The number of aromatic amines is 2. The van der Waals surface area contributed by atoms with E-state index >= 15 is 0 Å². The highest BCUT2D eigenvalue weighted by molar-refractivity contribution is 6.28. The van der Waals surface area contributed by atoms with Crippen LogP contribution in [0.3, 0.4) is 0 Å². The molecule has 16 nitrogen and oxygen atoms in total. The van der Waals surface area contributed by atoms with Crippen molar-refractivity contribution >= 4 is 175 Å². The number of hydrogen-bond donors (Lipinski definition) is 2. The van der Waals surface area contributed by atoms with E-state index in [-0.39, 0.29) is 23.3 Å². The fraction of sp³-hybridized carbons (Fsp3) is 0. The van der Waals surface area contributed by atoms with Crippen LogP contribution in [-0.4, -0.2) is 79.7 Å². The van der Waals surface area contributed by atoms with Crippen LogP contribution in [0.15, 0.2) is 194 Å². The number of nitrogens with zero attached hydrogens (tertiary/aromatic N) is 14. The monoisotopic (exact) mass is 1120 g/mol. The summed E-state index contributed by atoms with van der Waals surface area (Å²) in [6, 6.07) is 66.3. The zero-order valence-corrected chi connectivity index (χ0v) is 45.7. The van der Waals surface area contributed by atoms with Crippen molar-refractivity contribution in [3.63, 3.8) is 0 Å². The van der Waals surface area contributed by atoms with Crippen molar-refractivity contribution in [2.24, 2.45) is 0 Å². The molecule has 88 heavy (non-hydrogen) atoms. The molecule has 0 amide bonds. The molecule has 0 aliphatic carbocycles. The summed E-state index contributed by atoms with van der Waals surface area (Å²) in [5, 5.41) is 15.9. The van der Waals surface area contributed by atoms with Crippen molar-refractivity contribution in [1.29, 1.82) is 0 Å². The lowest BCUT2D eigenvalue weighted by atomic mass is 9.99. The van der Waals surface area contributed by atoms with Crippen molar-refractivity contribution in [3.05, 3.63) is 194 Å².